The number of nitrogens with one attached hydrogen (secondary N) is 1. The lowest BCUT2D eigenvalue weighted by Crippen LogP contribution is -2.39. The lowest BCUT2D eigenvalue weighted by molar-refractivity contribution is 0.0906. The van der Waals surface area contributed by atoms with Gasteiger partial charge < -0.3 is 24.8 Å². The number of carbonyl (C=O) groups excluding carboxylic acids is 1. The summed E-state index contributed by atoms with van der Waals surface area (Å²) in [6.45, 7) is 1.90. The number of aliphatic hydroxyl groups excluding tert-OH is 1. The van der Waals surface area contributed by atoms with Gasteiger partial charge in [-0.25, -0.2) is 9.97 Å². The highest BCUT2D eigenvalue weighted by molar-refractivity contribution is 5.98. The van der Waals surface area contributed by atoms with Crippen LogP contribution in [0.3, 0.4) is 0 Å². The van der Waals surface area contributed by atoms with Crippen molar-refractivity contribution in [2.45, 2.75) is 12.8 Å². The van der Waals surface area contributed by atoms with Crippen LogP contribution in [0, 0.1) is 5.92 Å². The van der Waals surface area contributed by atoms with Crippen molar-refractivity contribution in [3.8, 4) is 11.5 Å². The Morgan fingerprint density at radius 1 is 1.25 bits per heavy atom. The van der Waals surface area contributed by atoms with Gasteiger partial charge in [-0.15, -0.1) is 0 Å². The van der Waals surface area contributed by atoms with Crippen molar-refractivity contribution in [3.05, 3.63) is 36.2 Å². The minimum absolute atomic E-state index is 0.0327. The van der Waals surface area contributed by atoms with E-state index in [-0.39, 0.29) is 18.3 Å². The molecule has 1 fully saturated rings. The molecule has 2 N–H and O–H groups in total. The normalized spacial score (nSPS) is 16.5. The number of ether oxygens (including phenoxy) is 2. The lowest BCUT2D eigenvalue weighted by Gasteiger charge is -2.33. The molecule has 0 aliphatic carbocycles. The van der Waals surface area contributed by atoms with E-state index in [1.54, 1.807) is 32.4 Å². The molecule has 0 amide bonds. The van der Waals surface area contributed by atoms with Gasteiger partial charge in [0.05, 0.1) is 20.8 Å². The van der Waals surface area contributed by atoms with Crippen LogP contribution >= 0.6 is 0 Å². The Balaban J connectivity index is 1.73. The third kappa shape index (κ3) is 4.51. The fourth-order valence-electron chi connectivity index (χ4n) is 3.43. The zero-order valence-corrected chi connectivity index (χ0v) is 16.2. The fraction of sp³-hybridized carbons (Fsp3) is 0.450. The Labute approximate surface area is 164 Å². The van der Waals surface area contributed by atoms with Crippen molar-refractivity contribution in [1.29, 1.82) is 0 Å². The van der Waals surface area contributed by atoms with E-state index in [4.69, 9.17) is 14.6 Å². The summed E-state index contributed by atoms with van der Waals surface area (Å²) < 4.78 is 10.6. The first-order valence-corrected chi connectivity index (χ1v) is 9.34. The molecule has 8 heteroatoms. The second-order valence-corrected chi connectivity index (χ2v) is 6.63. The van der Waals surface area contributed by atoms with Crippen LogP contribution in [0.5, 0.6) is 11.5 Å². The molecule has 2 aromatic rings. The highest BCUT2D eigenvalue weighted by atomic mass is 16.5. The number of hydrogen-bond acceptors (Lipinski definition) is 8. The van der Waals surface area contributed by atoms with Gasteiger partial charge in [-0.1, -0.05) is 0 Å². The molecule has 1 aliphatic heterocycles. The summed E-state index contributed by atoms with van der Waals surface area (Å²) in [5.74, 6) is 2.58. The predicted octanol–water partition coefficient (Wildman–Crippen LogP) is 2.00. The van der Waals surface area contributed by atoms with Crippen molar-refractivity contribution < 1.29 is 19.4 Å². The molecule has 8 nitrogen and oxygen atoms in total. The first kappa shape index (κ1) is 19.9. The molecule has 0 bridgehead atoms. The number of anilines is 2. The molecule has 1 aliphatic rings. The van der Waals surface area contributed by atoms with Crippen LogP contribution in [-0.4, -0.2) is 61.3 Å². The number of ketones is 1. The third-order valence-corrected chi connectivity index (χ3v) is 4.85. The van der Waals surface area contributed by atoms with E-state index in [1.165, 1.54) is 6.33 Å². The zero-order valence-electron chi connectivity index (χ0n) is 16.2. The summed E-state index contributed by atoms with van der Waals surface area (Å²) in [7, 11) is 3.13. The minimum atomic E-state index is -0.115. The van der Waals surface area contributed by atoms with Gasteiger partial charge in [0.15, 0.2) is 17.3 Å². The van der Waals surface area contributed by atoms with E-state index in [9.17, 15) is 4.79 Å². The molecule has 28 heavy (non-hydrogen) atoms. The lowest BCUT2D eigenvalue weighted by atomic mass is 9.90. The molecule has 1 aromatic heterocycles. The molecule has 0 radical (unpaired) electrons. The Hall–Kier alpha value is -2.87. The van der Waals surface area contributed by atoms with Gasteiger partial charge in [-0.05, 0) is 31.0 Å². The van der Waals surface area contributed by atoms with Crippen LogP contribution in [-0.2, 0) is 0 Å². The molecule has 3 rings (SSSR count). The third-order valence-electron chi connectivity index (χ3n) is 4.85. The standard InChI is InChI=1S/C20H26N4O4/c1-27-16-6-5-14(10-17(16)28-2)20(26)15-4-3-8-24(12-15)19-11-18(21-7-9-25)22-13-23-19/h5-6,10-11,13,15,25H,3-4,7-9,12H2,1-2H3,(H,21,22,23)/t15-/m0/s1. The summed E-state index contributed by atoms with van der Waals surface area (Å²) in [6.07, 6.45) is 3.24. The van der Waals surface area contributed by atoms with E-state index in [1.807, 2.05) is 6.07 Å². The molecule has 1 saturated heterocycles. The summed E-state index contributed by atoms with van der Waals surface area (Å²) in [6, 6.07) is 7.13. The molecular formula is C20H26N4O4. The van der Waals surface area contributed by atoms with Crippen molar-refractivity contribution >= 4 is 17.4 Å². The van der Waals surface area contributed by atoms with E-state index in [2.05, 4.69) is 20.2 Å². The van der Waals surface area contributed by atoms with Crippen LogP contribution in [0.15, 0.2) is 30.6 Å². The average molecular weight is 386 g/mol. The number of piperidine rings is 1. The maximum Gasteiger partial charge on any atom is 0.167 e. The van der Waals surface area contributed by atoms with E-state index < -0.39 is 0 Å². The van der Waals surface area contributed by atoms with Gasteiger partial charge in [-0.3, -0.25) is 4.79 Å². The number of aromatic nitrogens is 2. The Bertz CT molecular complexity index is 815. The molecule has 0 spiro atoms. The highest BCUT2D eigenvalue weighted by Crippen LogP contribution is 2.30. The Morgan fingerprint density at radius 2 is 2.07 bits per heavy atom. The topological polar surface area (TPSA) is 96.8 Å². The van der Waals surface area contributed by atoms with Crippen LogP contribution in [0.4, 0.5) is 11.6 Å². The summed E-state index contributed by atoms with van der Waals surface area (Å²) in [5, 5.41) is 12.0. The van der Waals surface area contributed by atoms with Gasteiger partial charge >= 0.3 is 0 Å². The number of Topliss-reactive ketones (excluding diaryl/α,β-unsaturated/α-hetero) is 1. The fourth-order valence-corrected chi connectivity index (χ4v) is 3.43. The number of hydrogen-bond donors (Lipinski definition) is 2. The largest absolute Gasteiger partial charge is 0.493 e. The smallest absolute Gasteiger partial charge is 0.167 e. The van der Waals surface area contributed by atoms with Crippen LogP contribution in [0.25, 0.3) is 0 Å². The molecule has 1 atom stereocenters. The predicted molar refractivity (Wildman–Crippen MR) is 106 cm³/mol. The van der Waals surface area contributed by atoms with Crippen molar-refractivity contribution in [2.75, 3.05) is 50.7 Å². The number of rotatable bonds is 8. The second kappa shape index (κ2) is 9.36. The van der Waals surface area contributed by atoms with Crippen molar-refractivity contribution in [2.24, 2.45) is 5.92 Å². The van der Waals surface area contributed by atoms with Gasteiger partial charge in [0.2, 0.25) is 0 Å². The molecule has 0 unspecified atom stereocenters. The quantitative estimate of drug-likeness (QED) is 0.665. The maximum atomic E-state index is 13.1. The van der Waals surface area contributed by atoms with Gasteiger partial charge in [0.25, 0.3) is 0 Å². The van der Waals surface area contributed by atoms with Gasteiger partial charge in [0, 0.05) is 37.2 Å². The van der Waals surface area contributed by atoms with E-state index in [0.29, 0.717) is 36.0 Å². The molecule has 0 saturated carbocycles. The zero-order chi connectivity index (χ0) is 19.9. The molecular weight excluding hydrogens is 360 g/mol. The minimum Gasteiger partial charge on any atom is -0.493 e. The molecule has 1 aromatic carbocycles. The summed E-state index contributed by atoms with van der Waals surface area (Å²) in [4.78, 5) is 23.7. The number of methoxy groups -OCH3 is 2. The van der Waals surface area contributed by atoms with Crippen LogP contribution < -0.4 is 19.7 Å². The molecule has 150 valence electrons. The SMILES string of the molecule is COc1ccc(C(=O)[C@H]2CCCN(c3cc(NCCO)ncn3)C2)cc1OC. The maximum absolute atomic E-state index is 13.1. The number of aliphatic hydroxyl groups is 1. The Kier molecular flexibility index (Phi) is 6.65. The van der Waals surface area contributed by atoms with Crippen LogP contribution in [0.2, 0.25) is 0 Å². The van der Waals surface area contributed by atoms with Crippen LogP contribution in [0.1, 0.15) is 23.2 Å². The first-order chi connectivity index (χ1) is 13.7. The molecule has 2 heterocycles. The first-order valence-electron chi connectivity index (χ1n) is 9.34. The van der Waals surface area contributed by atoms with E-state index >= 15 is 0 Å². The average Bonchev–Trinajstić information content (AvgIpc) is 2.77. The number of carbonyl (C=O) groups is 1. The second-order valence-electron chi connectivity index (χ2n) is 6.63. The monoisotopic (exact) mass is 386 g/mol. The van der Waals surface area contributed by atoms with E-state index in [0.717, 1.165) is 25.2 Å². The van der Waals surface area contributed by atoms with Gasteiger partial charge in [0.1, 0.15) is 18.0 Å². The summed E-state index contributed by atoms with van der Waals surface area (Å²) >= 11 is 0. The highest BCUT2D eigenvalue weighted by Gasteiger charge is 2.28. The number of nitrogens with zero attached hydrogens (tertiary/aromatic N) is 3. The van der Waals surface area contributed by atoms with Crippen molar-refractivity contribution in [1.82, 2.24) is 9.97 Å². The summed E-state index contributed by atoms with van der Waals surface area (Å²) in [5.41, 5.74) is 0.623. The van der Waals surface area contributed by atoms with Gasteiger partial charge in [-0.2, -0.15) is 0 Å². The number of benzene rings is 1. The Morgan fingerprint density at radius 3 is 2.82 bits per heavy atom. The van der Waals surface area contributed by atoms with Crippen molar-refractivity contribution in [3.63, 3.8) is 0 Å².